The summed E-state index contributed by atoms with van der Waals surface area (Å²) in [5.74, 6) is -6.27. The molecule has 5 nitrogen and oxygen atoms in total. The molecule has 0 saturated carbocycles. The molecule has 1 saturated heterocycles. The van der Waals surface area contributed by atoms with E-state index in [1.807, 2.05) is 19.0 Å². The number of likely N-dealkylation sites (N-methyl/N-ethyl adjacent to an activating group) is 1. The monoisotopic (exact) mass is 556 g/mol. The van der Waals surface area contributed by atoms with Gasteiger partial charge >= 0.3 is 0 Å². The van der Waals surface area contributed by atoms with Crippen molar-refractivity contribution in [3.8, 4) is 5.75 Å². The van der Waals surface area contributed by atoms with Crippen LogP contribution in [0.4, 0.5) is 22.0 Å². The molecule has 4 rings (SSSR count). The van der Waals surface area contributed by atoms with Crippen LogP contribution < -0.4 is 4.74 Å². The third kappa shape index (κ3) is 6.81. The number of carbonyl (C=O) groups excluding carboxylic acids is 2. The molecule has 1 aliphatic rings. The standard InChI is InChI=1S/C30H25F5N2O3/c1-36(2)9-10-40-22-5-6-23(26(33)15-22)30(39)37-16-20(11-18-3-7-24(31)27(34)13-18)29(38)21(17-37)12-19-4-8-25(32)28(35)14-19/h3-8,11-15H,9-10,16-17H2,1-2H3/b20-11+,21-12+. The van der Waals surface area contributed by atoms with Crippen LogP contribution in [0.2, 0.25) is 0 Å². The number of benzene rings is 3. The molecule has 1 fully saturated rings. The summed E-state index contributed by atoms with van der Waals surface area (Å²) in [6, 6.07) is 9.91. The number of carbonyl (C=O) groups is 2. The summed E-state index contributed by atoms with van der Waals surface area (Å²) in [6.45, 7) is 0.396. The molecule has 3 aromatic carbocycles. The molecule has 208 valence electrons. The van der Waals surface area contributed by atoms with Crippen molar-refractivity contribution in [1.29, 1.82) is 0 Å². The molecule has 0 unspecified atom stereocenters. The van der Waals surface area contributed by atoms with E-state index in [1.165, 1.54) is 41.3 Å². The number of likely N-dealkylation sites (tertiary alicyclic amines) is 1. The van der Waals surface area contributed by atoms with Gasteiger partial charge in [-0.05, 0) is 73.8 Å². The van der Waals surface area contributed by atoms with E-state index in [0.717, 1.165) is 30.3 Å². The second-order valence-electron chi connectivity index (χ2n) is 9.47. The first-order valence-electron chi connectivity index (χ1n) is 12.2. The van der Waals surface area contributed by atoms with Crippen LogP contribution in [0.3, 0.4) is 0 Å². The largest absolute Gasteiger partial charge is 0.492 e. The average molecular weight is 557 g/mol. The van der Waals surface area contributed by atoms with Crippen LogP contribution in [0, 0.1) is 29.1 Å². The Morgan fingerprint density at radius 3 is 1.82 bits per heavy atom. The maximum absolute atomic E-state index is 15.0. The van der Waals surface area contributed by atoms with Crippen molar-refractivity contribution >= 4 is 23.8 Å². The molecule has 1 aliphatic heterocycles. The molecule has 0 atom stereocenters. The van der Waals surface area contributed by atoms with Crippen molar-refractivity contribution < 1.29 is 36.3 Å². The van der Waals surface area contributed by atoms with E-state index in [4.69, 9.17) is 4.74 Å². The van der Waals surface area contributed by atoms with Gasteiger partial charge in [0.1, 0.15) is 18.2 Å². The minimum absolute atomic E-state index is 0.0310. The second kappa shape index (κ2) is 12.3. The molecule has 1 amide bonds. The number of amides is 1. The first-order chi connectivity index (χ1) is 19.0. The van der Waals surface area contributed by atoms with Crippen LogP contribution in [0.15, 0.2) is 65.7 Å². The Labute approximate surface area is 227 Å². The number of ether oxygens (including phenoxy) is 1. The fourth-order valence-corrected chi connectivity index (χ4v) is 4.07. The lowest BCUT2D eigenvalue weighted by Crippen LogP contribution is -2.42. The van der Waals surface area contributed by atoms with E-state index < -0.39 is 40.8 Å². The second-order valence-corrected chi connectivity index (χ2v) is 9.47. The number of rotatable bonds is 7. The van der Waals surface area contributed by atoms with Crippen LogP contribution in [-0.4, -0.2) is 61.8 Å². The lowest BCUT2D eigenvalue weighted by Gasteiger charge is -2.30. The topological polar surface area (TPSA) is 49.9 Å². The lowest BCUT2D eigenvalue weighted by atomic mass is 9.93. The van der Waals surface area contributed by atoms with E-state index in [9.17, 15) is 31.5 Å². The van der Waals surface area contributed by atoms with Gasteiger partial charge in [-0.1, -0.05) is 12.1 Å². The summed E-state index contributed by atoms with van der Waals surface area (Å²) >= 11 is 0. The summed E-state index contributed by atoms with van der Waals surface area (Å²) in [5.41, 5.74) is 0.115. The van der Waals surface area contributed by atoms with E-state index in [1.54, 1.807) is 0 Å². The van der Waals surface area contributed by atoms with E-state index >= 15 is 0 Å². The van der Waals surface area contributed by atoms with Crippen molar-refractivity contribution in [2.75, 3.05) is 40.3 Å². The van der Waals surface area contributed by atoms with Crippen LogP contribution in [0.1, 0.15) is 21.5 Å². The van der Waals surface area contributed by atoms with Crippen LogP contribution in [-0.2, 0) is 4.79 Å². The van der Waals surface area contributed by atoms with E-state index in [0.29, 0.717) is 13.2 Å². The third-order valence-electron chi connectivity index (χ3n) is 6.14. The van der Waals surface area contributed by atoms with Gasteiger partial charge in [0.15, 0.2) is 29.1 Å². The molecule has 0 N–H and O–H groups in total. The van der Waals surface area contributed by atoms with Gasteiger partial charge in [-0.2, -0.15) is 0 Å². The SMILES string of the molecule is CN(C)CCOc1ccc(C(=O)N2C/C(=C\c3ccc(F)c(F)c3)C(=O)/C(=C/c3ccc(F)c(F)c3)C2)c(F)c1. The van der Waals surface area contributed by atoms with E-state index in [2.05, 4.69) is 0 Å². The van der Waals surface area contributed by atoms with Gasteiger partial charge in [0, 0.05) is 23.8 Å². The van der Waals surface area contributed by atoms with Gasteiger partial charge in [0.05, 0.1) is 18.7 Å². The summed E-state index contributed by atoms with van der Waals surface area (Å²) < 4.78 is 74.9. The summed E-state index contributed by atoms with van der Waals surface area (Å²) in [6.07, 6.45) is 2.59. The zero-order chi connectivity index (χ0) is 29.0. The maximum Gasteiger partial charge on any atom is 0.257 e. The maximum atomic E-state index is 15.0. The number of piperidine rings is 1. The van der Waals surface area contributed by atoms with Crippen molar-refractivity contribution in [3.63, 3.8) is 0 Å². The highest BCUT2D eigenvalue weighted by atomic mass is 19.2. The van der Waals surface area contributed by atoms with Gasteiger partial charge in [-0.25, -0.2) is 22.0 Å². The molecule has 0 aliphatic carbocycles. The molecular weight excluding hydrogens is 531 g/mol. The Bertz CT molecular complexity index is 1440. The highest BCUT2D eigenvalue weighted by molar-refractivity contribution is 6.15. The molecular formula is C30H25F5N2O3. The number of Topliss-reactive ketones (excluding diaryl/α,β-unsaturated/α-hetero) is 1. The number of nitrogens with zero attached hydrogens (tertiary/aromatic N) is 2. The highest BCUT2D eigenvalue weighted by Gasteiger charge is 2.31. The molecule has 0 bridgehead atoms. The van der Waals surface area contributed by atoms with Gasteiger partial charge in [0.2, 0.25) is 0 Å². The predicted molar refractivity (Wildman–Crippen MR) is 140 cm³/mol. The minimum atomic E-state index is -1.13. The molecule has 40 heavy (non-hydrogen) atoms. The first-order valence-corrected chi connectivity index (χ1v) is 12.2. The van der Waals surface area contributed by atoms with Crippen molar-refractivity contribution in [2.45, 2.75) is 0 Å². The minimum Gasteiger partial charge on any atom is -0.492 e. The fourth-order valence-electron chi connectivity index (χ4n) is 4.07. The van der Waals surface area contributed by atoms with Crippen molar-refractivity contribution in [3.05, 3.63) is 112 Å². The van der Waals surface area contributed by atoms with Gasteiger partial charge < -0.3 is 14.5 Å². The fraction of sp³-hybridized carbons (Fsp3) is 0.200. The molecule has 0 aromatic heterocycles. The Morgan fingerprint density at radius 2 is 1.35 bits per heavy atom. The zero-order valence-electron chi connectivity index (χ0n) is 21.7. The molecule has 3 aromatic rings. The van der Waals surface area contributed by atoms with Gasteiger partial charge in [-0.15, -0.1) is 0 Å². The van der Waals surface area contributed by atoms with Crippen LogP contribution in [0.5, 0.6) is 5.75 Å². The first kappa shape index (κ1) is 28.7. The Hall–Kier alpha value is -4.31. The number of hydrogen-bond donors (Lipinski definition) is 0. The quantitative estimate of drug-likeness (QED) is 0.284. The number of hydrogen-bond acceptors (Lipinski definition) is 4. The molecule has 10 heteroatoms. The van der Waals surface area contributed by atoms with Crippen LogP contribution in [0.25, 0.3) is 12.2 Å². The Morgan fingerprint density at radius 1 is 0.800 bits per heavy atom. The summed E-state index contributed by atoms with van der Waals surface area (Å²) in [7, 11) is 3.72. The number of halogens is 5. The summed E-state index contributed by atoms with van der Waals surface area (Å²) in [5, 5.41) is 0. The smallest absolute Gasteiger partial charge is 0.257 e. The van der Waals surface area contributed by atoms with Crippen molar-refractivity contribution in [1.82, 2.24) is 9.80 Å². The molecule has 0 spiro atoms. The Balaban J connectivity index is 1.67. The normalized spacial score (nSPS) is 15.8. The van der Waals surface area contributed by atoms with Gasteiger partial charge in [0.25, 0.3) is 5.91 Å². The van der Waals surface area contributed by atoms with Gasteiger partial charge in [-0.3, -0.25) is 9.59 Å². The molecule has 0 radical (unpaired) electrons. The Kier molecular flexibility index (Phi) is 8.79. The zero-order valence-corrected chi connectivity index (χ0v) is 21.7. The summed E-state index contributed by atoms with van der Waals surface area (Å²) in [4.78, 5) is 29.8. The van der Waals surface area contributed by atoms with E-state index in [-0.39, 0.29) is 46.7 Å². The third-order valence-corrected chi connectivity index (χ3v) is 6.14. The lowest BCUT2D eigenvalue weighted by molar-refractivity contribution is -0.113. The predicted octanol–water partition coefficient (Wildman–Crippen LogP) is 5.51. The molecule has 1 heterocycles. The average Bonchev–Trinajstić information content (AvgIpc) is 2.90. The number of ketones is 1. The van der Waals surface area contributed by atoms with Crippen LogP contribution >= 0.6 is 0 Å². The highest BCUT2D eigenvalue weighted by Crippen LogP contribution is 2.26. The van der Waals surface area contributed by atoms with Crippen molar-refractivity contribution in [2.24, 2.45) is 0 Å².